The second kappa shape index (κ2) is 10.6. The van der Waals surface area contributed by atoms with Gasteiger partial charge in [-0.05, 0) is 79.8 Å². The molecule has 180 valence electrons. The second-order valence-electron chi connectivity index (χ2n) is 9.07. The van der Waals surface area contributed by atoms with Crippen LogP contribution in [0.4, 0.5) is 17.6 Å². The fourth-order valence-corrected chi connectivity index (χ4v) is 4.86. The van der Waals surface area contributed by atoms with Crippen molar-refractivity contribution in [3.8, 4) is 0 Å². The molecule has 1 aromatic rings. The Morgan fingerprint density at radius 1 is 1.25 bits per heavy atom. The zero-order valence-corrected chi connectivity index (χ0v) is 18.8. The van der Waals surface area contributed by atoms with Crippen molar-refractivity contribution in [2.75, 3.05) is 26.2 Å². The minimum absolute atomic E-state index is 0.0576. The van der Waals surface area contributed by atoms with Crippen molar-refractivity contribution in [3.05, 3.63) is 35.1 Å². The first kappa shape index (κ1) is 26.1. The van der Waals surface area contributed by atoms with Crippen LogP contribution in [0.15, 0.2) is 18.2 Å². The van der Waals surface area contributed by atoms with Gasteiger partial charge in [-0.15, -0.1) is 0 Å². The van der Waals surface area contributed by atoms with E-state index in [0.29, 0.717) is 18.9 Å². The van der Waals surface area contributed by atoms with Crippen LogP contribution >= 0.6 is 0 Å². The number of fused-ring (bicyclic) bond motifs is 2. The lowest BCUT2D eigenvalue weighted by atomic mass is 9.73. The number of rotatable bonds is 5. The Kier molecular flexibility index (Phi) is 8.67. The lowest BCUT2D eigenvalue weighted by Gasteiger charge is -2.41. The van der Waals surface area contributed by atoms with Gasteiger partial charge in [0.1, 0.15) is 5.82 Å². The second-order valence-corrected chi connectivity index (χ2v) is 9.07. The largest absolute Gasteiger partial charge is 0.490 e. The van der Waals surface area contributed by atoms with E-state index in [4.69, 9.17) is 9.90 Å². The topological polar surface area (TPSA) is 69.6 Å². The minimum atomic E-state index is -5.08. The standard InChI is InChI=1S/C21H31FN2O.C2HF3O2/c1-4-23-20(25)11-16-13-21(19-12-17(22)5-6-18(16)19)7-9-24(10-8-21)14-15(2)3;3-2(4,5)1(6)7/h5-6,12,15-16H,4,7-11,13-14H2,1-3H3,(H,23,25);(H,6,7). The van der Waals surface area contributed by atoms with E-state index in [1.807, 2.05) is 13.0 Å². The Hall–Kier alpha value is -2.16. The van der Waals surface area contributed by atoms with Gasteiger partial charge in [0.05, 0.1) is 0 Å². The summed E-state index contributed by atoms with van der Waals surface area (Å²) in [4.78, 5) is 23.6. The first-order valence-electron chi connectivity index (χ1n) is 11.0. The van der Waals surface area contributed by atoms with E-state index in [2.05, 4.69) is 24.1 Å². The van der Waals surface area contributed by atoms with Gasteiger partial charge in [-0.2, -0.15) is 13.2 Å². The Morgan fingerprint density at radius 3 is 2.34 bits per heavy atom. The highest BCUT2D eigenvalue weighted by Gasteiger charge is 2.46. The summed E-state index contributed by atoms with van der Waals surface area (Å²) in [6.07, 6.45) is -1.44. The van der Waals surface area contributed by atoms with Gasteiger partial charge < -0.3 is 15.3 Å². The highest BCUT2D eigenvalue weighted by atomic mass is 19.4. The first-order chi connectivity index (χ1) is 14.9. The van der Waals surface area contributed by atoms with E-state index in [1.54, 1.807) is 12.1 Å². The number of hydrogen-bond donors (Lipinski definition) is 2. The number of carboxylic acids is 1. The maximum absolute atomic E-state index is 14.0. The molecule has 5 nitrogen and oxygen atoms in total. The van der Waals surface area contributed by atoms with Gasteiger partial charge in [0.25, 0.3) is 0 Å². The molecule has 1 spiro atoms. The number of nitrogens with zero attached hydrogens (tertiary/aromatic N) is 1. The molecule has 0 bridgehead atoms. The Balaban J connectivity index is 0.000000451. The molecule has 3 rings (SSSR count). The van der Waals surface area contributed by atoms with Crippen LogP contribution in [0, 0.1) is 11.7 Å². The van der Waals surface area contributed by atoms with Crippen LogP contribution in [0.25, 0.3) is 0 Å². The molecule has 2 N–H and O–H groups in total. The molecule has 1 unspecified atom stereocenters. The van der Waals surface area contributed by atoms with Crippen molar-refractivity contribution in [2.24, 2.45) is 5.92 Å². The number of benzene rings is 1. The Morgan fingerprint density at radius 2 is 1.84 bits per heavy atom. The van der Waals surface area contributed by atoms with Crippen LogP contribution in [0.3, 0.4) is 0 Å². The summed E-state index contributed by atoms with van der Waals surface area (Å²) in [6.45, 7) is 10.4. The number of likely N-dealkylation sites (tertiary alicyclic amines) is 1. The molecule has 0 radical (unpaired) electrons. The van der Waals surface area contributed by atoms with Crippen molar-refractivity contribution in [2.45, 2.75) is 64.0 Å². The molecule has 0 aromatic heterocycles. The van der Waals surface area contributed by atoms with Crippen LogP contribution in [-0.4, -0.2) is 54.2 Å². The van der Waals surface area contributed by atoms with E-state index in [1.165, 1.54) is 11.1 Å². The summed E-state index contributed by atoms with van der Waals surface area (Å²) in [6, 6.07) is 5.21. The van der Waals surface area contributed by atoms with E-state index >= 15 is 0 Å². The zero-order valence-electron chi connectivity index (χ0n) is 18.8. The van der Waals surface area contributed by atoms with Gasteiger partial charge in [-0.1, -0.05) is 19.9 Å². The quantitative estimate of drug-likeness (QED) is 0.637. The molecule has 1 fully saturated rings. The number of hydrogen-bond acceptors (Lipinski definition) is 3. The number of amides is 1. The SMILES string of the molecule is CCNC(=O)CC1CC2(CCN(CC(C)C)CC2)c2cc(F)ccc21.O=C(O)C(F)(F)F. The molecule has 1 aliphatic heterocycles. The fourth-order valence-electron chi connectivity index (χ4n) is 4.86. The molecule has 1 saturated heterocycles. The smallest absolute Gasteiger partial charge is 0.475 e. The molecule has 1 aromatic carbocycles. The van der Waals surface area contributed by atoms with E-state index < -0.39 is 12.1 Å². The van der Waals surface area contributed by atoms with Crippen molar-refractivity contribution in [1.29, 1.82) is 0 Å². The van der Waals surface area contributed by atoms with Crippen molar-refractivity contribution in [1.82, 2.24) is 10.2 Å². The molecule has 2 aliphatic rings. The highest BCUT2D eigenvalue weighted by molar-refractivity contribution is 5.77. The number of carbonyl (C=O) groups excluding carboxylic acids is 1. The molecule has 1 atom stereocenters. The van der Waals surface area contributed by atoms with E-state index in [9.17, 15) is 22.4 Å². The van der Waals surface area contributed by atoms with Gasteiger partial charge in [-0.25, -0.2) is 9.18 Å². The minimum Gasteiger partial charge on any atom is -0.475 e. The maximum atomic E-state index is 14.0. The van der Waals surface area contributed by atoms with Gasteiger partial charge in [0.2, 0.25) is 5.91 Å². The van der Waals surface area contributed by atoms with Gasteiger partial charge >= 0.3 is 12.1 Å². The van der Waals surface area contributed by atoms with Crippen molar-refractivity contribution < 1.29 is 32.3 Å². The summed E-state index contributed by atoms with van der Waals surface area (Å²) in [5.74, 6) is -1.90. The summed E-state index contributed by atoms with van der Waals surface area (Å²) in [5.41, 5.74) is 2.43. The Bertz CT molecular complexity index is 803. The number of piperidine rings is 1. The average Bonchev–Trinajstić information content (AvgIpc) is 2.96. The first-order valence-corrected chi connectivity index (χ1v) is 11.0. The lowest BCUT2D eigenvalue weighted by Crippen LogP contribution is -2.43. The van der Waals surface area contributed by atoms with Crippen molar-refractivity contribution >= 4 is 11.9 Å². The predicted octanol–water partition coefficient (Wildman–Crippen LogP) is 4.46. The third kappa shape index (κ3) is 6.67. The monoisotopic (exact) mass is 460 g/mol. The number of alkyl halides is 3. The summed E-state index contributed by atoms with van der Waals surface area (Å²) >= 11 is 0. The van der Waals surface area contributed by atoms with Crippen LogP contribution in [0.1, 0.15) is 63.5 Å². The summed E-state index contributed by atoms with van der Waals surface area (Å²) in [7, 11) is 0. The number of halogens is 4. The molecule has 1 aliphatic carbocycles. The molecular weight excluding hydrogens is 428 g/mol. The maximum Gasteiger partial charge on any atom is 0.490 e. The van der Waals surface area contributed by atoms with Gasteiger partial charge in [0, 0.05) is 19.5 Å². The third-order valence-electron chi connectivity index (χ3n) is 6.15. The number of nitrogens with one attached hydrogen (secondary N) is 1. The van der Waals surface area contributed by atoms with Gasteiger partial charge in [-0.3, -0.25) is 4.79 Å². The van der Waals surface area contributed by atoms with Gasteiger partial charge in [0.15, 0.2) is 0 Å². The fraction of sp³-hybridized carbons (Fsp3) is 0.652. The van der Waals surface area contributed by atoms with E-state index in [0.717, 1.165) is 38.9 Å². The Labute approximate surface area is 186 Å². The number of aliphatic carboxylic acids is 1. The molecule has 0 saturated carbocycles. The summed E-state index contributed by atoms with van der Waals surface area (Å²) in [5, 5.41) is 10.0. The van der Waals surface area contributed by atoms with Crippen LogP contribution in [0.5, 0.6) is 0 Å². The van der Waals surface area contributed by atoms with Crippen LogP contribution < -0.4 is 5.32 Å². The molecule has 32 heavy (non-hydrogen) atoms. The molecule has 1 heterocycles. The molecule has 1 amide bonds. The number of carboxylic acid groups (broad SMARTS) is 1. The average molecular weight is 461 g/mol. The summed E-state index contributed by atoms with van der Waals surface area (Å²) < 4.78 is 45.7. The van der Waals surface area contributed by atoms with Crippen LogP contribution in [0.2, 0.25) is 0 Å². The molecule has 9 heteroatoms. The van der Waals surface area contributed by atoms with Crippen LogP contribution in [-0.2, 0) is 15.0 Å². The van der Waals surface area contributed by atoms with Crippen molar-refractivity contribution in [3.63, 3.8) is 0 Å². The normalized spacial score (nSPS) is 19.9. The highest BCUT2D eigenvalue weighted by Crippen LogP contribution is 2.52. The zero-order chi connectivity index (χ0) is 24.1. The number of carbonyl (C=O) groups is 2. The lowest BCUT2D eigenvalue weighted by molar-refractivity contribution is -0.192. The van der Waals surface area contributed by atoms with E-state index in [-0.39, 0.29) is 23.1 Å². The molecular formula is C23H32F4N2O3. The predicted molar refractivity (Wildman–Crippen MR) is 113 cm³/mol. The third-order valence-corrected chi connectivity index (χ3v) is 6.15.